The molecule has 0 radical (unpaired) electrons. The summed E-state index contributed by atoms with van der Waals surface area (Å²) in [6, 6.07) is 5.19. The highest BCUT2D eigenvalue weighted by molar-refractivity contribution is 9.10. The molecule has 17 heavy (non-hydrogen) atoms. The van der Waals surface area contributed by atoms with Crippen molar-refractivity contribution in [3.63, 3.8) is 0 Å². The number of halogens is 1. The van der Waals surface area contributed by atoms with Crippen molar-refractivity contribution in [2.75, 3.05) is 19.6 Å². The highest BCUT2D eigenvalue weighted by atomic mass is 79.9. The van der Waals surface area contributed by atoms with Gasteiger partial charge in [-0.05, 0) is 41.1 Å². The number of nitrogens with zero attached hydrogens (tertiary/aromatic N) is 1. The maximum atomic E-state index is 12.2. The Morgan fingerprint density at radius 1 is 1.59 bits per heavy atom. The van der Waals surface area contributed by atoms with Crippen LogP contribution in [0.2, 0.25) is 0 Å². The summed E-state index contributed by atoms with van der Waals surface area (Å²) in [5, 5.41) is 12.7. The highest BCUT2D eigenvalue weighted by Crippen LogP contribution is 2.25. The van der Waals surface area contributed by atoms with Gasteiger partial charge in [0.05, 0.1) is 10.5 Å². The van der Waals surface area contributed by atoms with Gasteiger partial charge in [0.2, 0.25) is 0 Å². The zero-order valence-electron chi connectivity index (χ0n) is 9.61. The average molecular weight is 299 g/mol. The van der Waals surface area contributed by atoms with E-state index >= 15 is 0 Å². The summed E-state index contributed by atoms with van der Waals surface area (Å²) in [6.45, 7) is 4.35. The Morgan fingerprint density at radius 3 is 2.76 bits per heavy atom. The maximum absolute atomic E-state index is 12.2. The van der Waals surface area contributed by atoms with Crippen LogP contribution in [0.4, 0.5) is 0 Å². The van der Waals surface area contributed by atoms with E-state index in [9.17, 15) is 9.90 Å². The lowest BCUT2D eigenvalue weighted by Crippen LogP contribution is -2.58. The molecule has 2 rings (SSSR count). The maximum Gasteiger partial charge on any atom is 0.254 e. The van der Waals surface area contributed by atoms with Gasteiger partial charge in [0, 0.05) is 25.2 Å². The second-order valence-corrected chi connectivity index (χ2v) is 4.92. The van der Waals surface area contributed by atoms with E-state index in [1.54, 1.807) is 12.1 Å². The van der Waals surface area contributed by atoms with E-state index in [2.05, 4.69) is 21.2 Å². The number of hydrogen-bond donors (Lipinski definition) is 2. The van der Waals surface area contributed by atoms with Gasteiger partial charge in [-0.3, -0.25) is 4.79 Å². The minimum atomic E-state index is -0.0261. The molecule has 2 N–H and O–H groups in total. The quantitative estimate of drug-likeness (QED) is 0.891. The van der Waals surface area contributed by atoms with Crippen molar-refractivity contribution >= 4 is 21.8 Å². The number of phenolic OH excluding ortho intramolecular Hbond substituents is 1. The first-order valence-electron chi connectivity index (χ1n) is 5.63. The summed E-state index contributed by atoms with van der Waals surface area (Å²) in [6.07, 6.45) is 0. The molecule has 0 aromatic heterocycles. The van der Waals surface area contributed by atoms with Gasteiger partial charge in [-0.2, -0.15) is 0 Å². The molecule has 1 fully saturated rings. The normalized spacial score (nSPS) is 15.4. The third-order valence-electron chi connectivity index (χ3n) is 3.00. The second kappa shape index (κ2) is 5.06. The number of amides is 1. The molecule has 92 valence electrons. The number of benzene rings is 1. The lowest BCUT2D eigenvalue weighted by Gasteiger charge is -2.37. The fourth-order valence-electron chi connectivity index (χ4n) is 1.87. The zero-order valence-corrected chi connectivity index (χ0v) is 11.2. The second-order valence-electron chi connectivity index (χ2n) is 4.07. The summed E-state index contributed by atoms with van der Waals surface area (Å²) in [7, 11) is 0. The molecule has 0 spiro atoms. The molecule has 1 heterocycles. The lowest BCUT2D eigenvalue weighted by molar-refractivity contribution is 0.0630. The van der Waals surface area contributed by atoms with Crippen LogP contribution in [0.25, 0.3) is 0 Å². The number of hydrogen-bond acceptors (Lipinski definition) is 3. The number of likely N-dealkylation sites (N-methyl/N-ethyl adjacent to an activating group) is 1. The molecular weight excluding hydrogens is 284 g/mol. The molecule has 1 aromatic carbocycles. The standard InChI is InChI=1S/C12H15BrN2O2/c1-2-15(9-6-14-7-9)12(17)8-3-4-10(13)11(16)5-8/h3-5,9,14,16H,2,6-7H2,1H3. The predicted molar refractivity (Wildman–Crippen MR) is 69.2 cm³/mol. The summed E-state index contributed by atoms with van der Waals surface area (Å²) < 4.78 is 0.599. The molecule has 1 aliphatic rings. The van der Waals surface area contributed by atoms with Gasteiger partial charge in [0.1, 0.15) is 5.75 Å². The molecule has 1 aliphatic heterocycles. The largest absolute Gasteiger partial charge is 0.507 e. The van der Waals surface area contributed by atoms with E-state index < -0.39 is 0 Å². The van der Waals surface area contributed by atoms with Gasteiger partial charge >= 0.3 is 0 Å². The first-order chi connectivity index (χ1) is 8.13. The Balaban J connectivity index is 2.19. The lowest BCUT2D eigenvalue weighted by atomic mass is 10.1. The summed E-state index contributed by atoms with van der Waals surface area (Å²) >= 11 is 3.20. The summed E-state index contributed by atoms with van der Waals surface area (Å²) in [5.41, 5.74) is 0.527. The number of carbonyl (C=O) groups excluding carboxylic acids is 1. The van der Waals surface area contributed by atoms with Crippen LogP contribution in [0, 0.1) is 0 Å². The van der Waals surface area contributed by atoms with Crippen molar-refractivity contribution in [2.24, 2.45) is 0 Å². The third-order valence-corrected chi connectivity index (χ3v) is 3.67. The van der Waals surface area contributed by atoms with Crippen LogP contribution < -0.4 is 5.32 Å². The van der Waals surface area contributed by atoms with Crippen LogP contribution in [0.5, 0.6) is 5.75 Å². The van der Waals surface area contributed by atoms with E-state index in [-0.39, 0.29) is 17.7 Å². The Bertz CT molecular complexity index is 433. The first kappa shape index (κ1) is 12.4. The van der Waals surface area contributed by atoms with Crippen molar-refractivity contribution in [1.82, 2.24) is 10.2 Å². The summed E-state index contributed by atoms with van der Waals surface area (Å²) in [4.78, 5) is 14.1. The Labute approximate surface area is 109 Å². The van der Waals surface area contributed by atoms with Crippen molar-refractivity contribution in [1.29, 1.82) is 0 Å². The summed E-state index contributed by atoms with van der Waals surface area (Å²) in [5.74, 6) is 0.0698. The predicted octanol–water partition coefficient (Wildman–Crippen LogP) is 1.59. The van der Waals surface area contributed by atoms with Crippen LogP contribution in [-0.4, -0.2) is 41.6 Å². The van der Waals surface area contributed by atoms with Crippen LogP contribution in [0.3, 0.4) is 0 Å². The van der Waals surface area contributed by atoms with E-state index in [0.29, 0.717) is 16.6 Å². The van der Waals surface area contributed by atoms with E-state index in [1.165, 1.54) is 6.07 Å². The number of rotatable bonds is 3. The Hall–Kier alpha value is -1.07. The van der Waals surface area contributed by atoms with Crippen molar-refractivity contribution in [2.45, 2.75) is 13.0 Å². The minimum Gasteiger partial charge on any atom is -0.507 e. The van der Waals surface area contributed by atoms with E-state index in [1.807, 2.05) is 11.8 Å². The van der Waals surface area contributed by atoms with Crippen molar-refractivity contribution < 1.29 is 9.90 Å². The fraction of sp³-hybridized carbons (Fsp3) is 0.417. The van der Waals surface area contributed by atoms with Crippen molar-refractivity contribution in [3.8, 4) is 5.75 Å². The smallest absolute Gasteiger partial charge is 0.254 e. The number of aromatic hydroxyl groups is 1. The molecule has 1 saturated heterocycles. The van der Waals surface area contributed by atoms with Crippen LogP contribution in [0.1, 0.15) is 17.3 Å². The molecule has 0 bridgehead atoms. The van der Waals surface area contributed by atoms with Gasteiger partial charge < -0.3 is 15.3 Å². The number of phenols is 1. The number of carbonyl (C=O) groups is 1. The molecule has 0 saturated carbocycles. The number of nitrogens with one attached hydrogen (secondary N) is 1. The van der Waals surface area contributed by atoms with Gasteiger partial charge in [-0.15, -0.1) is 0 Å². The minimum absolute atomic E-state index is 0.0261. The van der Waals surface area contributed by atoms with Gasteiger partial charge in [0.15, 0.2) is 0 Å². The monoisotopic (exact) mass is 298 g/mol. The SMILES string of the molecule is CCN(C(=O)c1ccc(Br)c(O)c1)C1CNC1. The Kier molecular flexibility index (Phi) is 3.69. The molecule has 1 aromatic rings. The molecular formula is C12H15BrN2O2. The van der Waals surface area contributed by atoms with Gasteiger partial charge in [-0.25, -0.2) is 0 Å². The fourth-order valence-corrected chi connectivity index (χ4v) is 2.12. The molecule has 0 atom stereocenters. The zero-order chi connectivity index (χ0) is 12.4. The molecule has 1 amide bonds. The molecule has 0 unspecified atom stereocenters. The van der Waals surface area contributed by atoms with Crippen LogP contribution >= 0.6 is 15.9 Å². The van der Waals surface area contributed by atoms with E-state index in [0.717, 1.165) is 13.1 Å². The molecule has 5 heteroatoms. The van der Waals surface area contributed by atoms with Crippen molar-refractivity contribution in [3.05, 3.63) is 28.2 Å². The van der Waals surface area contributed by atoms with Gasteiger partial charge in [0.25, 0.3) is 5.91 Å². The molecule has 0 aliphatic carbocycles. The third kappa shape index (κ3) is 2.45. The average Bonchev–Trinajstić information content (AvgIpc) is 2.26. The van der Waals surface area contributed by atoms with Gasteiger partial charge in [-0.1, -0.05) is 0 Å². The first-order valence-corrected chi connectivity index (χ1v) is 6.43. The highest BCUT2D eigenvalue weighted by Gasteiger charge is 2.28. The van der Waals surface area contributed by atoms with Crippen LogP contribution in [-0.2, 0) is 0 Å². The molecule has 4 nitrogen and oxygen atoms in total. The van der Waals surface area contributed by atoms with Crippen LogP contribution in [0.15, 0.2) is 22.7 Å². The topological polar surface area (TPSA) is 52.6 Å². The Morgan fingerprint density at radius 2 is 2.29 bits per heavy atom. The van der Waals surface area contributed by atoms with E-state index in [4.69, 9.17) is 0 Å².